The average Bonchev–Trinajstić information content (AvgIpc) is 2.47. The summed E-state index contributed by atoms with van der Waals surface area (Å²) in [5.74, 6) is 1.12. The van der Waals surface area contributed by atoms with Gasteiger partial charge in [-0.2, -0.15) is 13.2 Å². The number of benzene rings is 1. The van der Waals surface area contributed by atoms with Crippen LogP contribution in [0.25, 0.3) is 0 Å². The molecule has 1 saturated heterocycles. The van der Waals surface area contributed by atoms with E-state index >= 15 is 0 Å². The maximum absolute atomic E-state index is 12.2. The molecule has 1 aliphatic rings. The fourth-order valence-corrected chi connectivity index (χ4v) is 2.87. The van der Waals surface area contributed by atoms with Crippen molar-refractivity contribution in [2.24, 2.45) is 5.92 Å². The van der Waals surface area contributed by atoms with Gasteiger partial charge in [0.25, 0.3) is 0 Å². The maximum atomic E-state index is 12.2. The summed E-state index contributed by atoms with van der Waals surface area (Å²) < 4.78 is 41.6. The minimum absolute atomic E-state index is 0.286. The highest BCUT2D eigenvalue weighted by Gasteiger charge is 2.27. The van der Waals surface area contributed by atoms with Crippen LogP contribution in [0.4, 0.5) is 13.2 Å². The largest absolute Gasteiger partial charge is 0.497 e. The first-order valence-electron chi connectivity index (χ1n) is 7.59. The molecule has 1 aromatic carbocycles. The van der Waals surface area contributed by atoms with Gasteiger partial charge in [-0.15, -0.1) is 0 Å². The van der Waals surface area contributed by atoms with Crippen LogP contribution in [0.1, 0.15) is 18.4 Å². The van der Waals surface area contributed by atoms with Crippen LogP contribution in [-0.2, 0) is 6.54 Å². The molecular formula is C16H23F3N2O. The maximum Gasteiger partial charge on any atom is 0.401 e. The topological polar surface area (TPSA) is 24.5 Å². The number of methoxy groups -OCH3 is 1. The zero-order valence-corrected chi connectivity index (χ0v) is 12.8. The summed E-state index contributed by atoms with van der Waals surface area (Å²) in [6, 6.07) is 7.93. The molecule has 1 atom stereocenters. The van der Waals surface area contributed by atoms with E-state index in [1.165, 1.54) is 5.56 Å². The van der Waals surface area contributed by atoms with Crippen LogP contribution in [-0.4, -0.2) is 44.4 Å². The monoisotopic (exact) mass is 316 g/mol. The minimum Gasteiger partial charge on any atom is -0.497 e. The summed E-state index contributed by atoms with van der Waals surface area (Å²) in [4.78, 5) is 2.31. The molecule has 2 rings (SSSR count). The highest BCUT2D eigenvalue weighted by atomic mass is 19.4. The van der Waals surface area contributed by atoms with Crippen molar-refractivity contribution in [1.82, 2.24) is 10.2 Å². The Morgan fingerprint density at radius 3 is 2.64 bits per heavy atom. The van der Waals surface area contributed by atoms with Crippen LogP contribution in [0, 0.1) is 5.92 Å². The van der Waals surface area contributed by atoms with Gasteiger partial charge in [0, 0.05) is 13.1 Å². The first-order chi connectivity index (χ1) is 10.5. The summed E-state index contributed by atoms with van der Waals surface area (Å²) >= 11 is 0. The van der Waals surface area contributed by atoms with E-state index in [4.69, 9.17) is 4.74 Å². The Morgan fingerprint density at radius 2 is 2.00 bits per heavy atom. The fourth-order valence-electron chi connectivity index (χ4n) is 2.87. The van der Waals surface area contributed by atoms with Crippen molar-refractivity contribution < 1.29 is 17.9 Å². The second-order valence-corrected chi connectivity index (χ2v) is 5.84. The Labute approximate surface area is 129 Å². The van der Waals surface area contributed by atoms with Crippen LogP contribution >= 0.6 is 0 Å². The minimum atomic E-state index is -4.13. The molecule has 0 aliphatic carbocycles. The van der Waals surface area contributed by atoms with Crippen LogP contribution in [0.2, 0.25) is 0 Å². The quantitative estimate of drug-likeness (QED) is 0.873. The van der Waals surface area contributed by atoms with Crippen molar-refractivity contribution in [2.45, 2.75) is 25.6 Å². The second kappa shape index (κ2) is 7.83. The zero-order chi connectivity index (χ0) is 16.0. The van der Waals surface area contributed by atoms with Gasteiger partial charge in [-0.3, -0.25) is 4.90 Å². The highest BCUT2D eigenvalue weighted by molar-refractivity contribution is 5.27. The number of ether oxygens (including phenoxy) is 1. The van der Waals surface area contributed by atoms with Crippen molar-refractivity contribution in [3.8, 4) is 5.75 Å². The molecule has 0 saturated carbocycles. The highest BCUT2D eigenvalue weighted by Crippen LogP contribution is 2.20. The summed E-state index contributed by atoms with van der Waals surface area (Å²) in [5, 5.41) is 2.53. The normalized spacial score (nSPS) is 20.1. The molecule has 6 heteroatoms. The van der Waals surface area contributed by atoms with E-state index in [0.717, 1.165) is 38.2 Å². The number of hydrogen-bond donors (Lipinski definition) is 1. The van der Waals surface area contributed by atoms with Gasteiger partial charge in [-0.05, 0) is 49.5 Å². The SMILES string of the molecule is COc1ccc(CN2CCCC(CNCC(F)(F)F)C2)cc1. The third-order valence-corrected chi connectivity index (χ3v) is 3.93. The number of nitrogens with one attached hydrogen (secondary N) is 1. The van der Waals surface area contributed by atoms with Crippen molar-refractivity contribution in [3.05, 3.63) is 29.8 Å². The number of nitrogens with zero attached hydrogens (tertiary/aromatic N) is 1. The average molecular weight is 316 g/mol. The van der Waals surface area contributed by atoms with E-state index in [1.807, 2.05) is 24.3 Å². The van der Waals surface area contributed by atoms with Gasteiger partial charge in [-0.1, -0.05) is 12.1 Å². The molecule has 0 bridgehead atoms. The molecule has 0 spiro atoms. The van der Waals surface area contributed by atoms with E-state index in [2.05, 4.69) is 10.2 Å². The molecule has 0 radical (unpaired) electrons. The lowest BCUT2D eigenvalue weighted by atomic mass is 9.97. The summed E-state index contributed by atoms with van der Waals surface area (Å²) in [7, 11) is 1.64. The third kappa shape index (κ3) is 5.85. The van der Waals surface area contributed by atoms with Crippen LogP contribution in [0.15, 0.2) is 24.3 Å². The Balaban J connectivity index is 1.77. The molecular weight excluding hydrogens is 293 g/mol. The molecule has 0 amide bonds. The van der Waals surface area contributed by atoms with Gasteiger partial charge < -0.3 is 10.1 Å². The van der Waals surface area contributed by atoms with E-state index < -0.39 is 12.7 Å². The van der Waals surface area contributed by atoms with Crippen molar-refractivity contribution in [2.75, 3.05) is 33.3 Å². The molecule has 3 nitrogen and oxygen atoms in total. The molecule has 0 aromatic heterocycles. The first-order valence-corrected chi connectivity index (χ1v) is 7.59. The second-order valence-electron chi connectivity index (χ2n) is 5.84. The predicted octanol–water partition coefficient (Wildman–Crippen LogP) is 3.06. The Bertz CT molecular complexity index is 448. The fraction of sp³-hybridized carbons (Fsp3) is 0.625. The molecule has 1 unspecified atom stereocenters. The summed E-state index contributed by atoms with van der Waals surface area (Å²) in [6.45, 7) is 2.21. The van der Waals surface area contributed by atoms with Gasteiger partial charge in [-0.25, -0.2) is 0 Å². The molecule has 1 aromatic rings. The number of rotatable bonds is 6. The van der Waals surface area contributed by atoms with Crippen molar-refractivity contribution in [1.29, 1.82) is 0 Å². The van der Waals surface area contributed by atoms with E-state index in [0.29, 0.717) is 6.54 Å². The smallest absolute Gasteiger partial charge is 0.401 e. The van der Waals surface area contributed by atoms with E-state index in [-0.39, 0.29) is 5.92 Å². The summed E-state index contributed by atoms with van der Waals surface area (Å²) in [5.41, 5.74) is 1.20. The number of piperidine rings is 1. The van der Waals surface area contributed by atoms with E-state index in [9.17, 15) is 13.2 Å². The van der Waals surface area contributed by atoms with Gasteiger partial charge in [0.15, 0.2) is 0 Å². The number of halogens is 3. The Morgan fingerprint density at radius 1 is 1.27 bits per heavy atom. The third-order valence-electron chi connectivity index (χ3n) is 3.93. The van der Waals surface area contributed by atoms with Gasteiger partial charge in [0.2, 0.25) is 0 Å². The van der Waals surface area contributed by atoms with Gasteiger partial charge >= 0.3 is 6.18 Å². The molecule has 1 heterocycles. The van der Waals surface area contributed by atoms with Crippen LogP contribution in [0.5, 0.6) is 5.75 Å². The lowest BCUT2D eigenvalue weighted by Gasteiger charge is -2.33. The Kier molecular flexibility index (Phi) is 6.08. The molecule has 124 valence electrons. The first kappa shape index (κ1) is 17.1. The van der Waals surface area contributed by atoms with Gasteiger partial charge in [0.1, 0.15) is 5.75 Å². The lowest BCUT2D eigenvalue weighted by Crippen LogP contribution is -2.41. The predicted molar refractivity (Wildman–Crippen MR) is 79.9 cm³/mol. The molecule has 1 aliphatic heterocycles. The zero-order valence-electron chi connectivity index (χ0n) is 12.8. The van der Waals surface area contributed by atoms with E-state index in [1.54, 1.807) is 7.11 Å². The number of alkyl halides is 3. The van der Waals surface area contributed by atoms with Crippen molar-refractivity contribution >= 4 is 0 Å². The van der Waals surface area contributed by atoms with Crippen LogP contribution in [0.3, 0.4) is 0 Å². The van der Waals surface area contributed by atoms with Crippen molar-refractivity contribution in [3.63, 3.8) is 0 Å². The lowest BCUT2D eigenvalue weighted by molar-refractivity contribution is -0.125. The Hall–Kier alpha value is -1.27. The van der Waals surface area contributed by atoms with Gasteiger partial charge in [0.05, 0.1) is 13.7 Å². The molecule has 1 fully saturated rings. The number of likely N-dealkylation sites (tertiary alicyclic amines) is 1. The summed E-state index contributed by atoms with van der Waals surface area (Å²) in [6.07, 6.45) is -2.10. The van der Waals surface area contributed by atoms with Crippen LogP contribution < -0.4 is 10.1 Å². The molecule has 22 heavy (non-hydrogen) atoms. The number of hydrogen-bond acceptors (Lipinski definition) is 3. The standard InChI is InChI=1S/C16H23F3N2O/c1-22-15-6-4-13(5-7-15)10-21-8-2-3-14(11-21)9-20-12-16(17,18)19/h4-7,14,20H,2-3,8-12H2,1H3. The molecule has 1 N–H and O–H groups in total.